The molecule has 1 aliphatic heterocycles. The normalized spacial score (nSPS) is 13.6. The maximum atomic E-state index is 5.52. The van der Waals surface area contributed by atoms with Gasteiger partial charge in [-0.2, -0.15) is 5.10 Å². The van der Waals surface area contributed by atoms with Gasteiger partial charge in [0, 0.05) is 12.7 Å². The van der Waals surface area contributed by atoms with E-state index in [1.165, 1.54) is 0 Å². The van der Waals surface area contributed by atoms with Gasteiger partial charge in [-0.3, -0.25) is 5.10 Å². The van der Waals surface area contributed by atoms with Crippen molar-refractivity contribution in [3.8, 4) is 22.9 Å². The van der Waals surface area contributed by atoms with Gasteiger partial charge in [0.05, 0.1) is 0 Å². The summed E-state index contributed by atoms with van der Waals surface area (Å²) in [6.07, 6.45) is 0. The molecule has 0 radical (unpaired) electrons. The molecule has 0 bridgehead atoms. The van der Waals surface area contributed by atoms with Crippen LogP contribution in [-0.2, 0) is 11.3 Å². The van der Waals surface area contributed by atoms with E-state index in [-0.39, 0.29) is 0 Å². The molecule has 18 heavy (non-hydrogen) atoms. The average molecular weight is 247 g/mol. The van der Waals surface area contributed by atoms with Crippen LogP contribution in [0.25, 0.3) is 11.4 Å². The molecular formula is C12H13N3O3. The lowest BCUT2D eigenvalue weighted by Gasteiger charge is -2.18. The second kappa shape index (κ2) is 4.66. The van der Waals surface area contributed by atoms with Crippen LogP contribution < -0.4 is 9.47 Å². The molecule has 1 aliphatic rings. The maximum absolute atomic E-state index is 5.52. The van der Waals surface area contributed by atoms with Crippen LogP contribution >= 0.6 is 0 Å². The zero-order valence-electron chi connectivity index (χ0n) is 9.97. The van der Waals surface area contributed by atoms with Crippen molar-refractivity contribution in [3.05, 3.63) is 24.0 Å². The molecule has 0 spiro atoms. The highest BCUT2D eigenvalue weighted by Crippen LogP contribution is 2.33. The van der Waals surface area contributed by atoms with Gasteiger partial charge in [0.2, 0.25) is 0 Å². The van der Waals surface area contributed by atoms with E-state index in [0.717, 1.165) is 17.1 Å². The van der Waals surface area contributed by atoms with E-state index in [1.54, 1.807) is 7.11 Å². The van der Waals surface area contributed by atoms with Crippen LogP contribution in [0, 0.1) is 0 Å². The first kappa shape index (κ1) is 11.0. The van der Waals surface area contributed by atoms with Gasteiger partial charge >= 0.3 is 0 Å². The number of aromatic nitrogens is 3. The number of H-pyrrole nitrogens is 1. The SMILES string of the molecule is COCc1nc(-c2ccc3c(c2)OCCO3)n[nH]1. The molecule has 0 atom stereocenters. The summed E-state index contributed by atoms with van der Waals surface area (Å²) in [5.41, 5.74) is 0.887. The first-order chi connectivity index (χ1) is 8.86. The lowest BCUT2D eigenvalue weighted by molar-refractivity contribution is 0.171. The number of ether oxygens (including phenoxy) is 3. The zero-order chi connectivity index (χ0) is 12.4. The van der Waals surface area contributed by atoms with Gasteiger partial charge < -0.3 is 14.2 Å². The molecule has 3 rings (SSSR count). The van der Waals surface area contributed by atoms with Crippen LogP contribution in [0.2, 0.25) is 0 Å². The summed E-state index contributed by atoms with van der Waals surface area (Å²) in [6.45, 7) is 1.57. The average Bonchev–Trinajstić information content (AvgIpc) is 2.87. The minimum atomic E-state index is 0.414. The van der Waals surface area contributed by atoms with Crippen LogP contribution in [0.5, 0.6) is 11.5 Å². The Kier molecular flexibility index (Phi) is 2.85. The molecule has 2 aromatic rings. The van der Waals surface area contributed by atoms with E-state index >= 15 is 0 Å². The Bertz CT molecular complexity index is 553. The summed E-state index contributed by atoms with van der Waals surface area (Å²) in [5, 5.41) is 6.97. The van der Waals surface area contributed by atoms with E-state index in [0.29, 0.717) is 31.5 Å². The molecular weight excluding hydrogens is 234 g/mol. The third kappa shape index (κ3) is 2.02. The summed E-state index contributed by atoms with van der Waals surface area (Å²) < 4.78 is 16.0. The molecule has 1 N–H and O–H groups in total. The van der Waals surface area contributed by atoms with E-state index in [1.807, 2.05) is 18.2 Å². The lowest BCUT2D eigenvalue weighted by Crippen LogP contribution is -2.15. The smallest absolute Gasteiger partial charge is 0.181 e. The molecule has 6 nitrogen and oxygen atoms in total. The third-order valence-corrected chi connectivity index (χ3v) is 2.61. The van der Waals surface area contributed by atoms with Crippen molar-refractivity contribution in [2.24, 2.45) is 0 Å². The van der Waals surface area contributed by atoms with Crippen LogP contribution in [0.15, 0.2) is 18.2 Å². The number of hydrogen-bond donors (Lipinski definition) is 1. The summed E-state index contributed by atoms with van der Waals surface area (Å²) in [5.74, 6) is 2.82. The van der Waals surface area contributed by atoms with Crippen molar-refractivity contribution in [3.63, 3.8) is 0 Å². The molecule has 6 heteroatoms. The summed E-state index contributed by atoms with van der Waals surface area (Å²) in [6, 6.07) is 5.66. The number of nitrogens with zero attached hydrogens (tertiary/aromatic N) is 2. The number of benzene rings is 1. The Hall–Kier alpha value is -2.08. The van der Waals surface area contributed by atoms with E-state index < -0.39 is 0 Å². The van der Waals surface area contributed by atoms with Crippen molar-refractivity contribution in [2.75, 3.05) is 20.3 Å². The highest BCUT2D eigenvalue weighted by molar-refractivity contribution is 5.61. The first-order valence-electron chi connectivity index (χ1n) is 5.67. The monoisotopic (exact) mass is 247 g/mol. The summed E-state index contributed by atoms with van der Waals surface area (Å²) >= 11 is 0. The van der Waals surface area contributed by atoms with Crippen molar-refractivity contribution >= 4 is 0 Å². The van der Waals surface area contributed by atoms with Crippen molar-refractivity contribution in [1.82, 2.24) is 15.2 Å². The molecule has 1 aromatic carbocycles. The van der Waals surface area contributed by atoms with Crippen LogP contribution in [0.4, 0.5) is 0 Å². The first-order valence-corrected chi connectivity index (χ1v) is 5.67. The molecule has 2 heterocycles. The predicted molar refractivity (Wildman–Crippen MR) is 63.5 cm³/mol. The predicted octanol–water partition coefficient (Wildman–Crippen LogP) is 1.39. The van der Waals surface area contributed by atoms with Crippen LogP contribution in [0.3, 0.4) is 0 Å². The van der Waals surface area contributed by atoms with Crippen LogP contribution in [0.1, 0.15) is 5.82 Å². The standard InChI is InChI=1S/C12H13N3O3/c1-16-7-11-13-12(15-14-11)8-2-3-9-10(6-8)18-5-4-17-9/h2-3,6H,4-5,7H2,1H3,(H,13,14,15). The molecule has 94 valence electrons. The number of aromatic amines is 1. The lowest BCUT2D eigenvalue weighted by atomic mass is 10.2. The van der Waals surface area contributed by atoms with E-state index in [4.69, 9.17) is 14.2 Å². The van der Waals surface area contributed by atoms with Gasteiger partial charge in [-0.05, 0) is 18.2 Å². The van der Waals surface area contributed by atoms with Gasteiger partial charge in [-0.15, -0.1) is 0 Å². The minimum absolute atomic E-state index is 0.414. The molecule has 0 saturated carbocycles. The Morgan fingerprint density at radius 2 is 2.11 bits per heavy atom. The van der Waals surface area contributed by atoms with Crippen molar-refractivity contribution < 1.29 is 14.2 Å². The Morgan fingerprint density at radius 1 is 1.28 bits per heavy atom. The molecule has 0 fully saturated rings. The number of hydrogen-bond acceptors (Lipinski definition) is 5. The number of fused-ring (bicyclic) bond motifs is 1. The summed E-state index contributed by atoms with van der Waals surface area (Å²) in [7, 11) is 1.62. The second-order valence-electron chi connectivity index (χ2n) is 3.90. The fraction of sp³-hybridized carbons (Fsp3) is 0.333. The topological polar surface area (TPSA) is 69.3 Å². The van der Waals surface area contributed by atoms with Crippen LogP contribution in [-0.4, -0.2) is 35.5 Å². The Balaban J connectivity index is 1.91. The third-order valence-electron chi connectivity index (χ3n) is 2.61. The Morgan fingerprint density at radius 3 is 2.94 bits per heavy atom. The number of methoxy groups -OCH3 is 1. The van der Waals surface area contributed by atoms with Crippen molar-refractivity contribution in [1.29, 1.82) is 0 Å². The van der Waals surface area contributed by atoms with E-state index in [9.17, 15) is 0 Å². The van der Waals surface area contributed by atoms with Gasteiger partial charge in [0.1, 0.15) is 19.8 Å². The largest absolute Gasteiger partial charge is 0.486 e. The fourth-order valence-corrected chi connectivity index (χ4v) is 1.81. The molecule has 0 aliphatic carbocycles. The molecule has 0 saturated heterocycles. The fourth-order valence-electron chi connectivity index (χ4n) is 1.81. The van der Waals surface area contributed by atoms with Gasteiger partial charge in [0.25, 0.3) is 0 Å². The highest BCUT2D eigenvalue weighted by Gasteiger charge is 2.14. The van der Waals surface area contributed by atoms with Gasteiger partial charge in [0.15, 0.2) is 23.1 Å². The maximum Gasteiger partial charge on any atom is 0.181 e. The molecule has 0 unspecified atom stereocenters. The summed E-state index contributed by atoms with van der Waals surface area (Å²) in [4.78, 5) is 4.33. The van der Waals surface area contributed by atoms with Gasteiger partial charge in [-0.1, -0.05) is 0 Å². The number of rotatable bonds is 3. The zero-order valence-corrected chi connectivity index (χ0v) is 9.97. The highest BCUT2D eigenvalue weighted by atomic mass is 16.6. The van der Waals surface area contributed by atoms with E-state index in [2.05, 4.69) is 15.2 Å². The van der Waals surface area contributed by atoms with Crippen molar-refractivity contribution in [2.45, 2.75) is 6.61 Å². The number of nitrogens with one attached hydrogen (secondary N) is 1. The molecule has 0 amide bonds. The minimum Gasteiger partial charge on any atom is -0.486 e. The second-order valence-corrected chi connectivity index (χ2v) is 3.90. The molecule has 1 aromatic heterocycles. The van der Waals surface area contributed by atoms with Gasteiger partial charge in [-0.25, -0.2) is 4.98 Å². The quantitative estimate of drug-likeness (QED) is 0.887. The Labute approximate surface area is 104 Å².